The molecule has 2 aromatic heterocycles. The highest BCUT2D eigenvalue weighted by Crippen LogP contribution is 2.26. The summed E-state index contributed by atoms with van der Waals surface area (Å²) in [6, 6.07) is 2.07. The Morgan fingerprint density at radius 3 is 3.14 bits per heavy atom. The van der Waals surface area contributed by atoms with E-state index < -0.39 is 0 Å². The van der Waals surface area contributed by atoms with E-state index >= 15 is 0 Å². The van der Waals surface area contributed by atoms with Gasteiger partial charge in [0.05, 0.1) is 0 Å². The van der Waals surface area contributed by atoms with Gasteiger partial charge in [0, 0.05) is 42.3 Å². The molecule has 21 heavy (non-hydrogen) atoms. The van der Waals surface area contributed by atoms with Gasteiger partial charge in [-0.3, -0.25) is 9.88 Å². The summed E-state index contributed by atoms with van der Waals surface area (Å²) in [7, 11) is 0. The highest BCUT2D eigenvalue weighted by molar-refractivity contribution is 6.34. The maximum absolute atomic E-state index is 12.5. The Balaban J connectivity index is 1.80. The molecule has 1 atom stereocenters. The lowest BCUT2D eigenvalue weighted by Crippen LogP contribution is -2.43. The molecule has 0 radical (unpaired) electrons. The van der Waals surface area contributed by atoms with Crippen LogP contribution >= 0.6 is 11.6 Å². The molecule has 0 saturated carbocycles. The summed E-state index contributed by atoms with van der Waals surface area (Å²) in [5.74, 6) is 0.689. The van der Waals surface area contributed by atoms with Crippen LogP contribution in [0.2, 0.25) is 5.15 Å². The van der Waals surface area contributed by atoms with E-state index in [2.05, 4.69) is 25.4 Å². The molecule has 0 bridgehead atoms. The fraction of sp³-hybridized carbons (Fsp3) is 0.500. The molecule has 0 unspecified atom stereocenters. The number of hydrogen-bond acceptors (Lipinski definition) is 5. The van der Waals surface area contributed by atoms with Crippen molar-refractivity contribution < 1.29 is 4.39 Å². The second kappa shape index (κ2) is 6.49. The van der Waals surface area contributed by atoms with E-state index in [1.54, 1.807) is 12.4 Å². The summed E-state index contributed by atoms with van der Waals surface area (Å²) in [6.45, 7) is 1.96. The molecule has 0 amide bonds. The molecule has 1 aliphatic rings. The van der Waals surface area contributed by atoms with Crippen LogP contribution in [0.5, 0.6) is 0 Å². The van der Waals surface area contributed by atoms with Gasteiger partial charge in [0.1, 0.15) is 6.67 Å². The number of nitrogens with one attached hydrogen (secondary N) is 1. The van der Waals surface area contributed by atoms with Gasteiger partial charge in [-0.2, -0.15) is 0 Å². The number of anilines is 1. The Hall–Kier alpha value is -1.53. The minimum Gasteiger partial charge on any atom is -0.364 e. The summed E-state index contributed by atoms with van der Waals surface area (Å²) < 4.78 is 12.5. The number of alkyl halides is 1. The predicted molar refractivity (Wildman–Crippen MR) is 81.4 cm³/mol. The second-order valence-electron chi connectivity index (χ2n) is 5.23. The number of likely N-dealkylation sites (tertiary alicyclic amines) is 1. The van der Waals surface area contributed by atoms with Crippen LogP contribution in [-0.4, -0.2) is 52.4 Å². The molecular weight excluding hydrogens is 293 g/mol. The van der Waals surface area contributed by atoms with Crippen molar-refractivity contribution in [1.29, 1.82) is 0 Å². The van der Waals surface area contributed by atoms with E-state index in [0.717, 1.165) is 36.7 Å². The fourth-order valence-corrected chi connectivity index (χ4v) is 2.96. The van der Waals surface area contributed by atoms with Crippen LogP contribution in [0, 0.1) is 0 Å². The van der Waals surface area contributed by atoms with Crippen molar-refractivity contribution in [2.75, 3.05) is 31.6 Å². The first-order chi connectivity index (χ1) is 10.3. The number of piperidine rings is 1. The standard InChI is InChI=1S/C14H17ClFN5/c15-13-11-3-5-17-8-12(11)14(20-19-13)18-10-2-1-6-21(9-10)7-4-16/h3,5,8,10H,1-2,4,6-7,9H2,(H,18,20)/t10-/m1/s1. The molecule has 1 saturated heterocycles. The molecule has 1 aliphatic heterocycles. The van der Waals surface area contributed by atoms with Crippen molar-refractivity contribution in [1.82, 2.24) is 20.1 Å². The van der Waals surface area contributed by atoms with Gasteiger partial charge in [-0.15, -0.1) is 10.2 Å². The zero-order valence-electron chi connectivity index (χ0n) is 11.6. The van der Waals surface area contributed by atoms with Crippen molar-refractivity contribution in [2.24, 2.45) is 0 Å². The molecular formula is C14H17ClFN5. The highest BCUT2D eigenvalue weighted by Gasteiger charge is 2.21. The van der Waals surface area contributed by atoms with Crippen molar-refractivity contribution in [3.8, 4) is 0 Å². The molecule has 3 heterocycles. The zero-order valence-corrected chi connectivity index (χ0v) is 12.4. The van der Waals surface area contributed by atoms with E-state index in [9.17, 15) is 4.39 Å². The molecule has 0 aliphatic carbocycles. The smallest absolute Gasteiger partial charge is 0.159 e. The number of aromatic nitrogens is 3. The van der Waals surface area contributed by atoms with Gasteiger partial charge in [0.25, 0.3) is 0 Å². The average molecular weight is 310 g/mol. The minimum atomic E-state index is -0.305. The first-order valence-electron chi connectivity index (χ1n) is 7.08. The molecule has 2 aromatic rings. The van der Waals surface area contributed by atoms with Gasteiger partial charge in [-0.25, -0.2) is 4.39 Å². The van der Waals surface area contributed by atoms with Gasteiger partial charge in [0.2, 0.25) is 0 Å². The van der Waals surface area contributed by atoms with Crippen molar-refractivity contribution in [3.05, 3.63) is 23.6 Å². The number of pyridine rings is 1. The summed E-state index contributed by atoms with van der Waals surface area (Å²) in [5.41, 5.74) is 0. The summed E-state index contributed by atoms with van der Waals surface area (Å²) in [5, 5.41) is 13.6. The normalized spacial score (nSPS) is 19.8. The summed E-state index contributed by atoms with van der Waals surface area (Å²) >= 11 is 6.06. The lowest BCUT2D eigenvalue weighted by molar-refractivity contribution is 0.200. The predicted octanol–water partition coefficient (Wildman–Crippen LogP) is 2.52. The minimum absolute atomic E-state index is 0.240. The zero-order chi connectivity index (χ0) is 14.7. The largest absolute Gasteiger partial charge is 0.364 e. The third-order valence-electron chi connectivity index (χ3n) is 3.78. The Morgan fingerprint density at radius 1 is 1.38 bits per heavy atom. The van der Waals surface area contributed by atoms with E-state index in [-0.39, 0.29) is 12.7 Å². The van der Waals surface area contributed by atoms with Crippen LogP contribution in [0.25, 0.3) is 10.8 Å². The summed E-state index contributed by atoms with van der Waals surface area (Å²) in [6.07, 6.45) is 5.51. The SMILES string of the molecule is FCCN1CCC[C@@H](Nc2nnc(Cl)c3ccncc23)C1. The molecule has 0 aromatic carbocycles. The molecule has 112 valence electrons. The Morgan fingerprint density at radius 2 is 2.29 bits per heavy atom. The maximum atomic E-state index is 12.5. The number of halogens is 2. The molecule has 1 fully saturated rings. The second-order valence-corrected chi connectivity index (χ2v) is 5.59. The quantitative estimate of drug-likeness (QED) is 0.940. The van der Waals surface area contributed by atoms with Crippen LogP contribution in [0.3, 0.4) is 0 Å². The van der Waals surface area contributed by atoms with Crippen molar-refractivity contribution in [3.63, 3.8) is 0 Å². The number of fused-ring (bicyclic) bond motifs is 1. The first kappa shape index (κ1) is 14.4. The third kappa shape index (κ3) is 3.22. The lowest BCUT2D eigenvalue weighted by atomic mass is 10.1. The Labute approximate surface area is 127 Å². The first-order valence-corrected chi connectivity index (χ1v) is 7.46. The number of rotatable bonds is 4. The molecule has 3 rings (SSSR count). The number of hydrogen-bond donors (Lipinski definition) is 1. The van der Waals surface area contributed by atoms with Crippen molar-refractivity contribution >= 4 is 28.2 Å². The van der Waals surface area contributed by atoms with Crippen LogP contribution in [0.4, 0.5) is 10.2 Å². The summed E-state index contributed by atoms with van der Waals surface area (Å²) in [4.78, 5) is 6.26. The molecule has 5 nitrogen and oxygen atoms in total. The van der Waals surface area contributed by atoms with Gasteiger partial charge in [-0.05, 0) is 25.5 Å². The third-order valence-corrected chi connectivity index (χ3v) is 4.06. The van der Waals surface area contributed by atoms with E-state index in [0.29, 0.717) is 17.5 Å². The van der Waals surface area contributed by atoms with Gasteiger partial charge < -0.3 is 5.32 Å². The molecule has 7 heteroatoms. The monoisotopic (exact) mass is 309 g/mol. The van der Waals surface area contributed by atoms with Crippen LogP contribution < -0.4 is 5.32 Å². The average Bonchev–Trinajstić information content (AvgIpc) is 2.51. The van der Waals surface area contributed by atoms with Crippen LogP contribution in [0.1, 0.15) is 12.8 Å². The van der Waals surface area contributed by atoms with Crippen LogP contribution in [0.15, 0.2) is 18.5 Å². The van der Waals surface area contributed by atoms with E-state index in [1.165, 1.54) is 0 Å². The van der Waals surface area contributed by atoms with E-state index in [1.807, 2.05) is 6.07 Å². The maximum Gasteiger partial charge on any atom is 0.159 e. The fourth-order valence-electron chi connectivity index (χ4n) is 2.76. The Bertz CT molecular complexity index is 621. The van der Waals surface area contributed by atoms with Crippen molar-refractivity contribution in [2.45, 2.75) is 18.9 Å². The topological polar surface area (TPSA) is 53.9 Å². The lowest BCUT2D eigenvalue weighted by Gasteiger charge is -2.32. The molecule has 0 spiro atoms. The van der Waals surface area contributed by atoms with Gasteiger partial charge in [0.15, 0.2) is 11.0 Å². The van der Waals surface area contributed by atoms with Gasteiger partial charge in [-0.1, -0.05) is 11.6 Å². The highest BCUT2D eigenvalue weighted by atomic mass is 35.5. The van der Waals surface area contributed by atoms with Gasteiger partial charge >= 0.3 is 0 Å². The van der Waals surface area contributed by atoms with E-state index in [4.69, 9.17) is 11.6 Å². The number of nitrogens with zero attached hydrogens (tertiary/aromatic N) is 4. The van der Waals surface area contributed by atoms with Crippen LogP contribution in [-0.2, 0) is 0 Å². The Kier molecular flexibility index (Phi) is 4.45. The molecule has 1 N–H and O–H groups in total.